The summed E-state index contributed by atoms with van der Waals surface area (Å²) in [7, 11) is 1.40. The number of hydrogen-bond donors (Lipinski definition) is 1. The van der Waals surface area contributed by atoms with E-state index in [1.54, 1.807) is 13.8 Å². The van der Waals surface area contributed by atoms with Gasteiger partial charge in [0.15, 0.2) is 12.0 Å². The smallest absolute Gasteiger partial charge is 0.245 e. The summed E-state index contributed by atoms with van der Waals surface area (Å²) < 4.78 is 0. The van der Waals surface area contributed by atoms with Gasteiger partial charge in [-0.25, -0.2) is 10.0 Å². The quantitative estimate of drug-likeness (QED) is 0.297. The Morgan fingerprint density at radius 1 is 1.57 bits per heavy atom. The van der Waals surface area contributed by atoms with E-state index in [9.17, 15) is 0 Å². The Bertz CT molecular complexity index is 83.7. The average molecular weight is 104 g/mol. The summed E-state index contributed by atoms with van der Waals surface area (Å²) in [6, 6.07) is 0. The number of hydrogen-bond acceptors (Lipinski definition) is 2. The fourth-order valence-electron chi connectivity index (χ4n) is 0.183. The van der Waals surface area contributed by atoms with E-state index < -0.39 is 0 Å². The molecule has 0 radical (unpaired) electrons. The van der Waals surface area contributed by atoms with Crippen LogP contribution in [0, 0.1) is 0 Å². The van der Waals surface area contributed by atoms with Crippen LogP contribution >= 0.6 is 0 Å². The zero-order chi connectivity index (χ0) is 5.86. The van der Waals surface area contributed by atoms with Crippen molar-refractivity contribution >= 4 is 5.71 Å². The lowest BCUT2D eigenvalue weighted by atomic mass is 10.5. The third-order valence-corrected chi connectivity index (χ3v) is 0.556. The van der Waals surface area contributed by atoms with Crippen LogP contribution < -0.4 is 0 Å². The highest BCUT2D eigenvalue weighted by atomic mass is 16.9. The van der Waals surface area contributed by atoms with Gasteiger partial charge in [0.25, 0.3) is 5.71 Å². The van der Waals surface area contributed by atoms with Gasteiger partial charge in [-0.2, -0.15) is 0 Å². The van der Waals surface area contributed by atoms with Crippen LogP contribution in [0.1, 0.15) is 13.8 Å². The molecule has 0 aromatic carbocycles. The van der Waals surface area contributed by atoms with Crippen molar-refractivity contribution in [3.05, 3.63) is 0 Å². The van der Waals surface area contributed by atoms with E-state index in [2.05, 4.69) is 4.84 Å². The minimum atomic E-state index is 0.708. The van der Waals surface area contributed by atoms with E-state index in [0.29, 0.717) is 10.6 Å². The maximum absolute atomic E-state index is 8.51. The lowest BCUT2D eigenvalue weighted by Crippen LogP contribution is -2.10. The minimum Gasteiger partial charge on any atom is -0.245 e. The molecule has 0 saturated heterocycles. The maximum Gasteiger partial charge on any atom is 0.259 e. The van der Waals surface area contributed by atoms with Crippen LogP contribution in [0.4, 0.5) is 0 Å². The van der Waals surface area contributed by atoms with Crippen molar-refractivity contribution in [2.45, 2.75) is 13.8 Å². The van der Waals surface area contributed by atoms with Crippen LogP contribution in [0.25, 0.3) is 0 Å². The lowest BCUT2D eigenvalue weighted by Gasteiger charge is -1.83. The second-order valence-corrected chi connectivity index (χ2v) is 1.40. The Morgan fingerprint density at radius 2 is 2.00 bits per heavy atom. The van der Waals surface area contributed by atoms with E-state index in [4.69, 9.17) is 5.21 Å². The SMILES string of the molecule is CO[N+](O)=C(C)C. The van der Waals surface area contributed by atoms with Crippen molar-refractivity contribution in [1.29, 1.82) is 0 Å². The molecular weight excluding hydrogens is 94.0 g/mol. The molecule has 0 aliphatic heterocycles. The fraction of sp³-hybridized carbons (Fsp3) is 0.750. The molecule has 3 heteroatoms. The lowest BCUT2D eigenvalue weighted by molar-refractivity contribution is -0.957. The Kier molecular flexibility index (Phi) is 2.19. The second-order valence-electron chi connectivity index (χ2n) is 1.40. The molecule has 0 amide bonds. The van der Waals surface area contributed by atoms with E-state index in [1.165, 1.54) is 7.11 Å². The summed E-state index contributed by atoms with van der Waals surface area (Å²) >= 11 is 0. The second kappa shape index (κ2) is 2.44. The van der Waals surface area contributed by atoms with Crippen LogP contribution in [0.3, 0.4) is 0 Å². The third-order valence-electron chi connectivity index (χ3n) is 0.556. The average Bonchev–Trinajstić information content (AvgIpc) is 1.65. The first-order valence-corrected chi connectivity index (χ1v) is 2.01. The number of rotatable bonds is 1. The Balaban J connectivity index is 3.72. The van der Waals surface area contributed by atoms with Gasteiger partial charge in [0, 0.05) is 13.8 Å². The van der Waals surface area contributed by atoms with Crippen molar-refractivity contribution in [3.63, 3.8) is 0 Å². The minimum absolute atomic E-state index is 0.708. The van der Waals surface area contributed by atoms with Gasteiger partial charge in [0.1, 0.15) is 0 Å². The summed E-state index contributed by atoms with van der Waals surface area (Å²) in [5, 5.41) is 8.51. The normalized spacial score (nSPS) is 7.86. The van der Waals surface area contributed by atoms with Gasteiger partial charge < -0.3 is 0 Å². The summed E-state index contributed by atoms with van der Waals surface area (Å²) in [6.07, 6.45) is 0. The van der Waals surface area contributed by atoms with Gasteiger partial charge in [0.05, 0.1) is 0 Å². The Morgan fingerprint density at radius 3 is 2.00 bits per heavy atom. The molecule has 0 unspecified atom stereocenters. The molecule has 0 spiro atoms. The van der Waals surface area contributed by atoms with Crippen LogP contribution in [-0.4, -0.2) is 22.9 Å². The van der Waals surface area contributed by atoms with Crippen molar-refractivity contribution < 1.29 is 14.9 Å². The van der Waals surface area contributed by atoms with E-state index in [1.807, 2.05) is 0 Å². The largest absolute Gasteiger partial charge is 0.259 e. The molecule has 0 aromatic heterocycles. The van der Waals surface area contributed by atoms with Crippen molar-refractivity contribution in [2.75, 3.05) is 7.11 Å². The molecular formula is C4H10NO2+. The molecule has 1 N–H and O–H groups in total. The van der Waals surface area contributed by atoms with Gasteiger partial charge in [-0.15, -0.1) is 0 Å². The molecule has 0 saturated carbocycles. The summed E-state index contributed by atoms with van der Waals surface area (Å²) in [5.74, 6) is 0. The van der Waals surface area contributed by atoms with Crippen LogP contribution in [0.15, 0.2) is 0 Å². The van der Waals surface area contributed by atoms with E-state index in [0.717, 1.165) is 0 Å². The Hall–Kier alpha value is -0.730. The van der Waals surface area contributed by atoms with E-state index in [-0.39, 0.29) is 0 Å². The van der Waals surface area contributed by atoms with Crippen LogP contribution in [0.2, 0.25) is 0 Å². The zero-order valence-electron chi connectivity index (χ0n) is 4.80. The monoisotopic (exact) mass is 104 g/mol. The molecule has 0 aliphatic rings. The number of nitrogens with zero attached hydrogens (tertiary/aromatic N) is 1. The predicted molar refractivity (Wildman–Crippen MR) is 25.4 cm³/mol. The zero-order valence-corrected chi connectivity index (χ0v) is 4.80. The molecule has 0 aromatic rings. The van der Waals surface area contributed by atoms with E-state index >= 15 is 0 Å². The topological polar surface area (TPSA) is 32.5 Å². The molecule has 0 bridgehead atoms. The van der Waals surface area contributed by atoms with Crippen molar-refractivity contribution in [2.24, 2.45) is 0 Å². The van der Waals surface area contributed by atoms with Crippen molar-refractivity contribution in [3.8, 4) is 0 Å². The first-order valence-electron chi connectivity index (χ1n) is 2.01. The highest BCUT2D eigenvalue weighted by Gasteiger charge is 1.98. The molecule has 0 heterocycles. The molecule has 0 fully saturated rings. The van der Waals surface area contributed by atoms with Gasteiger partial charge in [-0.05, 0) is 0 Å². The molecule has 0 rings (SSSR count). The first kappa shape index (κ1) is 6.27. The first-order chi connectivity index (χ1) is 3.18. The van der Waals surface area contributed by atoms with Gasteiger partial charge in [-0.3, -0.25) is 0 Å². The highest BCUT2D eigenvalue weighted by Crippen LogP contribution is 1.70. The summed E-state index contributed by atoms with van der Waals surface area (Å²) in [4.78, 5) is 5.07. The molecule has 0 aliphatic carbocycles. The molecule has 3 nitrogen and oxygen atoms in total. The highest BCUT2D eigenvalue weighted by molar-refractivity contribution is 5.73. The summed E-state index contributed by atoms with van der Waals surface area (Å²) in [6.45, 7) is 3.48. The van der Waals surface area contributed by atoms with Gasteiger partial charge in [-0.1, -0.05) is 0 Å². The Labute approximate surface area is 42.8 Å². The van der Waals surface area contributed by atoms with Crippen molar-refractivity contribution in [1.82, 2.24) is 0 Å². The maximum atomic E-state index is 8.51. The molecule has 42 valence electrons. The van der Waals surface area contributed by atoms with Gasteiger partial charge in [0.2, 0.25) is 0 Å². The molecule has 0 atom stereocenters. The van der Waals surface area contributed by atoms with Crippen LogP contribution in [-0.2, 0) is 4.84 Å². The predicted octanol–water partition coefficient (Wildman–Crippen LogP) is 0.430. The summed E-state index contributed by atoms with van der Waals surface area (Å²) in [5.41, 5.74) is 0.711. The fourth-order valence-corrected chi connectivity index (χ4v) is 0.183. The third kappa shape index (κ3) is 2.03. The molecule has 7 heavy (non-hydrogen) atoms. The standard InChI is InChI=1S/C4H10NO2/c1-4(2)5(6)7-3/h6H,1-3H3/q+1. The van der Waals surface area contributed by atoms with Crippen LogP contribution in [0.5, 0.6) is 0 Å². The van der Waals surface area contributed by atoms with Gasteiger partial charge >= 0.3 is 0 Å².